The Morgan fingerprint density at radius 1 is 0.565 bits per heavy atom. The van der Waals surface area contributed by atoms with Crippen molar-refractivity contribution in [3.05, 3.63) is 171 Å². The molecule has 0 radical (unpaired) electrons. The zero-order chi connectivity index (χ0) is 33.0. The van der Waals surface area contributed by atoms with E-state index in [1.54, 1.807) is 79.7 Å². The van der Waals surface area contributed by atoms with Crippen molar-refractivity contribution in [1.29, 1.82) is 0 Å². The first-order valence-electron chi connectivity index (χ1n) is 15.1. The van der Waals surface area contributed by atoms with E-state index >= 15 is 8.78 Å². The number of aromatic carboxylic acids is 1. The Bertz CT molecular complexity index is 1850. The van der Waals surface area contributed by atoms with E-state index in [4.69, 9.17) is 0 Å². The molecule has 5 rings (SSSR count). The first kappa shape index (κ1) is 32.5. The van der Waals surface area contributed by atoms with E-state index in [2.05, 4.69) is 0 Å². The van der Waals surface area contributed by atoms with E-state index in [1.807, 2.05) is 6.92 Å². The van der Waals surface area contributed by atoms with Crippen LogP contribution < -0.4 is 0 Å². The molecule has 0 fully saturated rings. The van der Waals surface area contributed by atoms with E-state index < -0.39 is 64.2 Å². The fourth-order valence-corrected chi connectivity index (χ4v) is 6.40. The SMILES string of the molecule is CC(CC(c1cc(C(=O)O)c(O)c(C(CC(C)c2ccccc2F)c2ccccc2F)c1)c1ccccc1F)c1ccccc1F. The Hall–Kier alpha value is -4.91. The van der Waals surface area contributed by atoms with Crippen LogP contribution in [0.5, 0.6) is 5.75 Å². The van der Waals surface area contributed by atoms with Gasteiger partial charge in [0.25, 0.3) is 0 Å². The lowest BCUT2D eigenvalue weighted by Gasteiger charge is -2.28. The number of halogens is 4. The molecule has 7 heteroatoms. The summed E-state index contributed by atoms with van der Waals surface area (Å²) in [5.41, 5.74) is 1.30. The molecular formula is C39H34F4O3. The molecule has 0 spiro atoms. The van der Waals surface area contributed by atoms with E-state index in [0.717, 1.165) is 0 Å². The van der Waals surface area contributed by atoms with Gasteiger partial charge in [-0.2, -0.15) is 0 Å². The topological polar surface area (TPSA) is 57.5 Å². The third kappa shape index (κ3) is 6.84. The molecule has 46 heavy (non-hydrogen) atoms. The maximum atomic E-state index is 15.5. The minimum Gasteiger partial charge on any atom is -0.507 e. The summed E-state index contributed by atoms with van der Waals surface area (Å²) in [6, 6.07) is 27.5. The van der Waals surface area contributed by atoms with Gasteiger partial charge in [-0.25, -0.2) is 22.4 Å². The molecule has 0 bridgehead atoms. The third-order valence-corrected chi connectivity index (χ3v) is 8.78. The second-order valence-electron chi connectivity index (χ2n) is 11.8. The van der Waals surface area contributed by atoms with Crippen molar-refractivity contribution in [3.63, 3.8) is 0 Å². The Labute approximate surface area is 265 Å². The molecule has 0 aliphatic heterocycles. The molecule has 0 heterocycles. The zero-order valence-corrected chi connectivity index (χ0v) is 25.4. The minimum atomic E-state index is -1.43. The first-order chi connectivity index (χ1) is 22.1. The number of aromatic hydroxyl groups is 1. The number of benzene rings is 5. The maximum absolute atomic E-state index is 15.5. The predicted octanol–water partition coefficient (Wildman–Crippen LogP) is 10.3. The van der Waals surface area contributed by atoms with Crippen LogP contribution in [0.25, 0.3) is 0 Å². The van der Waals surface area contributed by atoms with Gasteiger partial charge in [0.1, 0.15) is 34.6 Å². The number of rotatable bonds is 11. The van der Waals surface area contributed by atoms with Crippen LogP contribution in [0.3, 0.4) is 0 Å². The molecule has 0 saturated carbocycles. The first-order valence-corrected chi connectivity index (χ1v) is 15.1. The van der Waals surface area contributed by atoms with Gasteiger partial charge in [-0.3, -0.25) is 0 Å². The Kier molecular flexibility index (Phi) is 9.90. The lowest BCUT2D eigenvalue weighted by molar-refractivity contribution is 0.0693. The standard InChI is InChI=1S/C39H34F4O3/c1-23(26-11-3-7-15-34(26)40)19-30(28-13-5-9-17-36(28)42)25-21-32(38(44)33(22-25)39(45)46)31(29-14-6-10-18-37(29)43)20-24(2)27-12-4-8-16-35(27)41/h3-18,21-24,30-31,44H,19-20H2,1-2H3,(H,45,46). The van der Waals surface area contributed by atoms with Crippen molar-refractivity contribution in [2.75, 3.05) is 0 Å². The molecule has 236 valence electrons. The summed E-state index contributed by atoms with van der Waals surface area (Å²) in [4.78, 5) is 12.5. The van der Waals surface area contributed by atoms with Gasteiger partial charge in [-0.05, 0) is 82.8 Å². The highest BCUT2D eigenvalue weighted by molar-refractivity contribution is 5.92. The molecular weight excluding hydrogens is 592 g/mol. The molecule has 0 amide bonds. The summed E-state index contributed by atoms with van der Waals surface area (Å²) in [7, 11) is 0. The van der Waals surface area contributed by atoms with Crippen LogP contribution in [0.1, 0.15) is 94.1 Å². The Morgan fingerprint density at radius 2 is 0.935 bits per heavy atom. The van der Waals surface area contributed by atoms with Crippen LogP contribution >= 0.6 is 0 Å². The van der Waals surface area contributed by atoms with Gasteiger partial charge >= 0.3 is 5.97 Å². The molecule has 4 atom stereocenters. The van der Waals surface area contributed by atoms with E-state index in [0.29, 0.717) is 16.7 Å². The molecule has 0 saturated heterocycles. The normalized spacial score (nSPS) is 14.0. The summed E-state index contributed by atoms with van der Waals surface area (Å²) >= 11 is 0. The highest BCUT2D eigenvalue weighted by Gasteiger charge is 2.31. The average Bonchev–Trinajstić information content (AvgIpc) is 3.04. The average molecular weight is 627 g/mol. The van der Waals surface area contributed by atoms with Crippen LogP contribution in [0.15, 0.2) is 109 Å². The molecule has 4 unspecified atom stereocenters. The third-order valence-electron chi connectivity index (χ3n) is 8.78. The quantitative estimate of drug-likeness (QED) is 0.144. The van der Waals surface area contributed by atoms with Gasteiger partial charge in [-0.15, -0.1) is 0 Å². The Morgan fingerprint density at radius 3 is 1.35 bits per heavy atom. The maximum Gasteiger partial charge on any atom is 0.339 e. The zero-order valence-electron chi connectivity index (χ0n) is 25.4. The number of phenols is 1. The number of hydrogen-bond acceptors (Lipinski definition) is 2. The van der Waals surface area contributed by atoms with Crippen molar-refractivity contribution in [3.8, 4) is 5.75 Å². The van der Waals surface area contributed by atoms with Gasteiger partial charge in [0.2, 0.25) is 0 Å². The largest absolute Gasteiger partial charge is 0.507 e. The molecule has 2 N–H and O–H groups in total. The van der Waals surface area contributed by atoms with Gasteiger partial charge in [0, 0.05) is 17.4 Å². The number of carboxylic acids is 1. The van der Waals surface area contributed by atoms with Crippen molar-refractivity contribution < 1.29 is 32.6 Å². The van der Waals surface area contributed by atoms with Crippen LogP contribution in [-0.4, -0.2) is 16.2 Å². The smallest absolute Gasteiger partial charge is 0.339 e. The lowest BCUT2D eigenvalue weighted by atomic mass is 9.77. The van der Waals surface area contributed by atoms with Crippen LogP contribution in [-0.2, 0) is 0 Å². The lowest BCUT2D eigenvalue weighted by Crippen LogP contribution is -2.14. The summed E-state index contributed by atoms with van der Waals surface area (Å²) in [6.07, 6.45) is 0.315. The van der Waals surface area contributed by atoms with Crippen LogP contribution in [0, 0.1) is 23.3 Å². The number of carboxylic acid groups (broad SMARTS) is 1. The molecule has 0 aliphatic rings. The molecule has 0 aromatic heterocycles. The van der Waals surface area contributed by atoms with Crippen LogP contribution in [0.4, 0.5) is 17.6 Å². The molecule has 3 nitrogen and oxygen atoms in total. The minimum absolute atomic E-state index is 0.114. The van der Waals surface area contributed by atoms with Crippen molar-refractivity contribution in [1.82, 2.24) is 0 Å². The number of hydrogen-bond donors (Lipinski definition) is 2. The second kappa shape index (κ2) is 14.0. The van der Waals surface area contributed by atoms with Gasteiger partial charge in [0.05, 0.1) is 0 Å². The second-order valence-corrected chi connectivity index (χ2v) is 11.8. The van der Waals surface area contributed by atoms with Crippen molar-refractivity contribution in [2.45, 2.75) is 50.4 Å². The van der Waals surface area contributed by atoms with Gasteiger partial charge in [-0.1, -0.05) is 92.7 Å². The van der Waals surface area contributed by atoms with E-state index in [-0.39, 0.29) is 29.5 Å². The highest BCUT2D eigenvalue weighted by Crippen LogP contribution is 2.45. The van der Waals surface area contributed by atoms with Crippen molar-refractivity contribution >= 4 is 5.97 Å². The Balaban J connectivity index is 1.71. The van der Waals surface area contributed by atoms with Crippen molar-refractivity contribution in [2.24, 2.45) is 0 Å². The molecule has 0 aliphatic carbocycles. The summed E-state index contributed by atoms with van der Waals surface area (Å²) in [6.45, 7) is 3.59. The van der Waals surface area contributed by atoms with Gasteiger partial charge < -0.3 is 10.2 Å². The van der Waals surface area contributed by atoms with Crippen LogP contribution in [0.2, 0.25) is 0 Å². The number of carbonyl (C=O) groups is 1. The van der Waals surface area contributed by atoms with E-state index in [9.17, 15) is 23.8 Å². The fraction of sp³-hybridized carbons (Fsp3) is 0.205. The summed E-state index contributed by atoms with van der Waals surface area (Å²) in [5, 5.41) is 21.7. The molecule has 5 aromatic carbocycles. The van der Waals surface area contributed by atoms with Gasteiger partial charge in [0.15, 0.2) is 0 Å². The predicted molar refractivity (Wildman–Crippen MR) is 170 cm³/mol. The fourth-order valence-electron chi connectivity index (χ4n) is 6.40. The van der Waals surface area contributed by atoms with E-state index in [1.165, 1.54) is 36.4 Å². The summed E-state index contributed by atoms with van der Waals surface area (Å²) < 4.78 is 60.6. The monoisotopic (exact) mass is 626 g/mol. The summed E-state index contributed by atoms with van der Waals surface area (Å²) in [5.74, 6) is -6.49. The molecule has 5 aromatic rings. The highest BCUT2D eigenvalue weighted by atomic mass is 19.1.